The number of hydrogen-bond acceptors (Lipinski definition) is 4. The molecule has 0 saturated heterocycles. The monoisotopic (exact) mass is 394 g/mol. The number of methoxy groups -OCH3 is 1. The largest absolute Gasteiger partial charge is 0.497 e. The summed E-state index contributed by atoms with van der Waals surface area (Å²) in [4.78, 5) is 26.4. The van der Waals surface area contributed by atoms with Crippen molar-refractivity contribution in [2.24, 2.45) is 5.10 Å². The Balaban J connectivity index is 1.87. The van der Waals surface area contributed by atoms with Crippen LogP contribution in [0.3, 0.4) is 0 Å². The minimum absolute atomic E-state index is 0.0515. The smallest absolute Gasteiger partial charge is 0.317 e. The zero-order valence-corrected chi connectivity index (χ0v) is 17.0. The number of nitrogens with zero attached hydrogens (tertiary/aromatic N) is 3. The van der Waals surface area contributed by atoms with Gasteiger partial charge >= 0.3 is 6.03 Å². The topological polar surface area (TPSA) is 74.2 Å². The number of nitrogens with one attached hydrogen (secondary N) is 1. The minimum Gasteiger partial charge on any atom is -0.497 e. The molecule has 1 N–H and O–H groups in total. The van der Waals surface area contributed by atoms with Gasteiger partial charge in [-0.15, -0.1) is 0 Å². The van der Waals surface area contributed by atoms with Crippen LogP contribution in [0, 0.1) is 0 Å². The van der Waals surface area contributed by atoms with Crippen molar-refractivity contribution < 1.29 is 14.3 Å². The molecule has 1 aliphatic rings. The van der Waals surface area contributed by atoms with Gasteiger partial charge < -0.3 is 15.0 Å². The summed E-state index contributed by atoms with van der Waals surface area (Å²) in [5.74, 6) is 0.507. The van der Waals surface area contributed by atoms with Crippen LogP contribution in [0.15, 0.2) is 59.7 Å². The molecule has 3 rings (SSSR count). The van der Waals surface area contributed by atoms with Gasteiger partial charge in [-0.3, -0.25) is 4.79 Å². The van der Waals surface area contributed by atoms with Crippen LogP contribution >= 0.6 is 0 Å². The highest BCUT2D eigenvalue weighted by Gasteiger charge is 2.33. The third-order valence-corrected chi connectivity index (χ3v) is 4.80. The lowest BCUT2D eigenvalue weighted by molar-refractivity contribution is -0.133. The molecule has 3 amide bonds. The number of urea groups is 1. The lowest BCUT2D eigenvalue weighted by atomic mass is 9.98. The van der Waals surface area contributed by atoms with E-state index < -0.39 is 0 Å². The van der Waals surface area contributed by atoms with Crippen molar-refractivity contribution in [2.45, 2.75) is 19.4 Å². The van der Waals surface area contributed by atoms with E-state index in [0.29, 0.717) is 13.0 Å². The highest BCUT2D eigenvalue weighted by atomic mass is 16.5. The molecule has 7 heteroatoms. The van der Waals surface area contributed by atoms with Gasteiger partial charge in [0.2, 0.25) is 0 Å². The molecule has 0 unspecified atom stereocenters. The first-order chi connectivity index (χ1) is 14.0. The molecule has 152 valence electrons. The number of ether oxygens (including phenoxy) is 1. The molecule has 29 heavy (non-hydrogen) atoms. The molecule has 7 nitrogen and oxygen atoms in total. The molecule has 0 radical (unpaired) electrons. The predicted molar refractivity (Wildman–Crippen MR) is 112 cm³/mol. The molecule has 0 aromatic heterocycles. The van der Waals surface area contributed by atoms with Crippen LogP contribution in [0.1, 0.15) is 30.5 Å². The number of carbonyl (C=O) groups excluding carboxylic acids is 2. The molecule has 0 bridgehead atoms. The Bertz CT molecular complexity index is 898. The number of hydrazone groups is 1. The van der Waals surface area contributed by atoms with Crippen molar-refractivity contribution in [3.63, 3.8) is 0 Å². The van der Waals surface area contributed by atoms with Crippen LogP contribution in [0.2, 0.25) is 0 Å². The molecule has 2 aromatic carbocycles. The van der Waals surface area contributed by atoms with Crippen molar-refractivity contribution >= 4 is 17.6 Å². The summed E-state index contributed by atoms with van der Waals surface area (Å²) in [5.41, 5.74) is 2.73. The first-order valence-electron chi connectivity index (χ1n) is 9.61. The predicted octanol–water partition coefficient (Wildman–Crippen LogP) is 3.03. The molecule has 0 fully saturated rings. The van der Waals surface area contributed by atoms with Gasteiger partial charge in [0.25, 0.3) is 5.91 Å². The fourth-order valence-electron chi connectivity index (χ4n) is 3.29. The quantitative estimate of drug-likeness (QED) is 0.818. The maximum Gasteiger partial charge on any atom is 0.317 e. The Morgan fingerprint density at radius 2 is 1.97 bits per heavy atom. The third kappa shape index (κ3) is 4.74. The molecule has 0 aliphatic carbocycles. The van der Waals surface area contributed by atoms with Crippen LogP contribution in [0.25, 0.3) is 0 Å². The summed E-state index contributed by atoms with van der Waals surface area (Å²) in [6.07, 6.45) is 0.591. The van der Waals surface area contributed by atoms with Gasteiger partial charge in [-0.25, -0.2) is 9.80 Å². The number of likely N-dealkylation sites (N-methyl/N-ethyl adjacent to an activating group) is 1. The average molecular weight is 394 g/mol. The van der Waals surface area contributed by atoms with E-state index in [4.69, 9.17) is 4.74 Å². The van der Waals surface area contributed by atoms with Gasteiger partial charge in [0.1, 0.15) is 12.3 Å². The number of carbonyl (C=O) groups is 2. The Morgan fingerprint density at radius 1 is 1.21 bits per heavy atom. The highest BCUT2D eigenvalue weighted by molar-refractivity contribution is 6.03. The van der Waals surface area contributed by atoms with Crippen LogP contribution < -0.4 is 10.1 Å². The molecular weight excluding hydrogens is 368 g/mol. The van der Waals surface area contributed by atoms with E-state index >= 15 is 0 Å². The Labute approximate surface area is 171 Å². The lowest BCUT2D eigenvalue weighted by Gasteiger charge is -2.25. The number of rotatable bonds is 6. The summed E-state index contributed by atoms with van der Waals surface area (Å²) < 4.78 is 5.32. The molecule has 2 aromatic rings. The van der Waals surface area contributed by atoms with Gasteiger partial charge in [0, 0.05) is 25.6 Å². The maximum atomic E-state index is 13.0. The summed E-state index contributed by atoms with van der Waals surface area (Å²) in [6.45, 7) is 2.29. The zero-order chi connectivity index (χ0) is 20.8. The highest BCUT2D eigenvalue weighted by Crippen LogP contribution is 2.33. The standard InChI is InChI=1S/C22H26N4O3/c1-4-23-22(28)25(2)15-21(27)26-20(16-9-6-5-7-10-16)14-19(24-26)17-11-8-12-18(13-17)29-3/h5-13,20H,4,14-15H2,1-3H3,(H,23,28)/t20-/m0/s1. The van der Waals surface area contributed by atoms with Crippen molar-refractivity contribution in [3.05, 3.63) is 65.7 Å². The van der Waals surface area contributed by atoms with E-state index in [9.17, 15) is 9.59 Å². The first kappa shape index (κ1) is 20.4. The lowest BCUT2D eigenvalue weighted by Crippen LogP contribution is -2.43. The SMILES string of the molecule is CCNC(=O)N(C)CC(=O)N1N=C(c2cccc(OC)c2)C[C@H]1c1ccccc1. The zero-order valence-electron chi connectivity index (χ0n) is 17.0. The number of hydrogen-bond donors (Lipinski definition) is 1. The van der Waals surface area contributed by atoms with Crippen molar-refractivity contribution in [1.82, 2.24) is 15.2 Å². The first-order valence-corrected chi connectivity index (χ1v) is 9.61. The van der Waals surface area contributed by atoms with E-state index in [1.165, 1.54) is 9.91 Å². The molecule has 0 saturated carbocycles. The van der Waals surface area contributed by atoms with E-state index in [0.717, 1.165) is 22.6 Å². The van der Waals surface area contributed by atoms with Crippen molar-refractivity contribution in [1.29, 1.82) is 0 Å². The van der Waals surface area contributed by atoms with Crippen LogP contribution in [-0.2, 0) is 4.79 Å². The van der Waals surface area contributed by atoms with Gasteiger partial charge in [0.05, 0.1) is 18.9 Å². The molecule has 1 aliphatic heterocycles. The van der Waals surface area contributed by atoms with Gasteiger partial charge in [0.15, 0.2) is 0 Å². The van der Waals surface area contributed by atoms with Gasteiger partial charge in [-0.1, -0.05) is 42.5 Å². The van der Waals surface area contributed by atoms with Crippen molar-refractivity contribution in [2.75, 3.05) is 27.2 Å². The number of amides is 3. The summed E-state index contributed by atoms with van der Waals surface area (Å²) in [6, 6.07) is 17.0. The second-order valence-electron chi connectivity index (χ2n) is 6.84. The molecule has 1 heterocycles. The fourth-order valence-corrected chi connectivity index (χ4v) is 3.29. The second kappa shape index (κ2) is 9.23. The normalized spacial score (nSPS) is 15.6. The average Bonchev–Trinajstić information content (AvgIpc) is 3.20. The van der Waals surface area contributed by atoms with E-state index in [-0.39, 0.29) is 24.5 Å². The molecule has 0 spiro atoms. The van der Waals surface area contributed by atoms with Crippen LogP contribution in [0.4, 0.5) is 4.79 Å². The van der Waals surface area contributed by atoms with Crippen LogP contribution in [0.5, 0.6) is 5.75 Å². The molecule has 1 atom stereocenters. The van der Waals surface area contributed by atoms with Crippen molar-refractivity contribution in [3.8, 4) is 5.75 Å². The van der Waals surface area contributed by atoms with Crippen LogP contribution in [-0.4, -0.2) is 54.8 Å². The maximum absolute atomic E-state index is 13.0. The molecular formula is C22H26N4O3. The summed E-state index contributed by atoms with van der Waals surface area (Å²) in [7, 11) is 3.22. The van der Waals surface area contributed by atoms with Gasteiger partial charge in [-0.05, 0) is 24.6 Å². The van der Waals surface area contributed by atoms with E-state index in [2.05, 4.69) is 10.4 Å². The van der Waals surface area contributed by atoms with Gasteiger partial charge in [-0.2, -0.15) is 5.10 Å². The Morgan fingerprint density at radius 3 is 2.66 bits per heavy atom. The second-order valence-corrected chi connectivity index (χ2v) is 6.84. The Hall–Kier alpha value is -3.35. The van der Waals surface area contributed by atoms with E-state index in [1.54, 1.807) is 14.2 Å². The van der Waals surface area contributed by atoms with E-state index in [1.807, 2.05) is 61.5 Å². The summed E-state index contributed by atoms with van der Waals surface area (Å²) in [5, 5.41) is 8.83. The Kier molecular flexibility index (Phi) is 6.49. The minimum atomic E-state index is -0.284. The fraction of sp³-hybridized carbons (Fsp3) is 0.318. The summed E-state index contributed by atoms with van der Waals surface area (Å²) >= 11 is 0. The number of benzene rings is 2. The third-order valence-electron chi connectivity index (χ3n) is 4.80.